The Kier molecular flexibility index (Phi) is 3.95. The Morgan fingerprint density at radius 1 is 1.50 bits per heavy atom. The number of methoxy groups -OCH3 is 1. The molecule has 1 saturated heterocycles. The van der Waals surface area contributed by atoms with Gasteiger partial charge in [0.25, 0.3) is 0 Å². The number of rotatable bonds is 2. The number of carbonyl (C=O) groups excluding carboxylic acids is 2. The van der Waals surface area contributed by atoms with E-state index in [1.165, 1.54) is 18.9 Å². The number of likely N-dealkylation sites (N-methyl/N-ethyl adjacent to an activating group) is 1. The van der Waals surface area contributed by atoms with Crippen LogP contribution in [0.4, 0.5) is 0 Å². The number of carbonyl (C=O) groups is 2. The van der Waals surface area contributed by atoms with E-state index in [-0.39, 0.29) is 22.4 Å². The van der Waals surface area contributed by atoms with E-state index >= 15 is 0 Å². The first-order valence-corrected chi connectivity index (χ1v) is 5.38. The molecular weight excluding hydrogens is 202 g/mol. The van der Waals surface area contributed by atoms with Crippen LogP contribution in [0.25, 0.3) is 0 Å². The van der Waals surface area contributed by atoms with Gasteiger partial charge < -0.3 is 4.74 Å². The van der Waals surface area contributed by atoms with Gasteiger partial charge in [-0.25, -0.2) is 0 Å². The molecule has 1 heterocycles. The molecule has 0 aromatic heterocycles. The summed E-state index contributed by atoms with van der Waals surface area (Å²) in [5.41, 5.74) is 0. The number of likely N-dealkylation sites (tertiary alicyclic amines) is 1. The number of thioether (sulfide) groups is 1. The normalized spacial score (nSPS) is 27.6. The topological polar surface area (TPSA) is 46.6 Å². The van der Waals surface area contributed by atoms with E-state index in [4.69, 9.17) is 0 Å². The molecule has 14 heavy (non-hydrogen) atoms. The van der Waals surface area contributed by atoms with Gasteiger partial charge in [0.15, 0.2) is 5.12 Å². The van der Waals surface area contributed by atoms with Gasteiger partial charge in [0.2, 0.25) is 0 Å². The van der Waals surface area contributed by atoms with Gasteiger partial charge >= 0.3 is 5.97 Å². The van der Waals surface area contributed by atoms with E-state index < -0.39 is 0 Å². The molecule has 0 aromatic carbocycles. The van der Waals surface area contributed by atoms with Crippen molar-refractivity contribution in [2.75, 3.05) is 20.7 Å². The van der Waals surface area contributed by atoms with Crippen LogP contribution in [-0.2, 0) is 14.3 Å². The number of nitrogens with zero attached hydrogens (tertiary/aromatic N) is 1. The maximum absolute atomic E-state index is 11.3. The minimum Gasteiger partial charge on any atom is -0.468 e. The van der Waals surface area contributed by atoms with Crippen LogP contribution >= 0.6 is 11.8 Å². The molecule has 1 fully saturated rings. The van der Waals surface area contributed by atoms with Crippen molar-refractivity contribution in [2.24, 2.45) is 0 Å². The summed E-state index contributed by atoms with van der Waals surface area (Å²) in [6, 6.07) is -0.183. The van der Waals surface area contributed by atoms with Gasteiger partial charge in [0, 0.05) is 18.7 Å². The highest BCUT2D eigenvalue weighted by Gasteiger charge is 2.35. The molecule has 1 aliphatic heterocycles. The van der Waals surface area contributed by atoms with Gasteiger partial charge in [-0.15, -0.1) is 0 Å². The summed E-state index contributed by atoms with van der Waals surface area (Å²) in [6.45, 7) is 2.32. The number of hydrogen-bond acceptors (Lipinski definition) is 5. The van der Waals surface area contributed by atoms with Crippen molar-refractivity contribution in [1.29, 1.82) is 0 Å². The van der Waals surface area contributed by atoms with Crippen molar-refractivity contribution in [3.05, 3.63) is 0 Å². The average molecular weight is 217 g/mol. The summed E-state index contributed by atoms with van der Waals surface area (Å²) in [5, 5.41) is 0.329. The lowest BCUT2D eigenvalue weighted by Crippen LogP contribution is -2.33. The first kappa shape index (κ1) is 11.5. The zero-order valence-electron chi connectivity index (χ0n) is 8.65. The Hall–Kier alpha value is -0.550. The predicted molar refractivity (Wildman–Crippen MR) is 55.1 cm³/mol. The van der Waals surface area contributed by atoms with Gasteiger partial charge in [0.1, 0.15) is 6.04 Å². The molecule has 0 N–H and O–H groups in total. The molecule has 0 amide bonds. The Morgan fingerprint density at radius 3 is 2.64 bits per heavy atom. The summed E-state index contributed by atoms with van der Waals surface area (Å²) >= 11 is 1.31. The molecule has 1 rings (SSSR count). The molecule has 1 aliphatic rings. The predicted octanol–water partition coefficient (Wildman–Crippen LogP) is 0.512. The minimum atomic E-state index is -0.209. The molecule has 0 spiro atoms. The van der Waals surface area contributed by atoms with Crippen LogP contribution in [0.3, 0.4) is 0 Å². The van der Waals surface area contributed by atoms with Gasteiger partial charge in [-0.2, -0.15) is 0 Å². The molecule has 0 aromatic rings. The largest absolute Gasteiger partial charge is 0.468 e. The van der Waals surface area contributed by atoms with Crippen molar-refractivity contribution in [3.8, 4) is 0 Å². The van der Waals surface area contributed by atoms with E-state index in [0.717, 1.165) is 6.54 Å². The summed E-state index contributed by atoms with van der Waals surface area (Å²) in [6.07, 6.45) is 0.702. The van der Waals surface area contributed by atoms with Gasteiger partial charge in [-0.1, -0.05) is 11.8 Å². The second-order valence-electron chi connectivity index (χ2n) is 3.45. The molecule has 2 atom stereocenters. The molecule has 0 radical (unpaired) electrons. The fraction of sp³-hybridized carbons (Fsp3) is 0.778. The molecule has 0 saturated carbocycles. The summed E-state index contributed by atoms with van der Waals surface area (Å²) in [5.74, 6) is -0.209. The fourth-order valence-corrected chi connectivity index (χ4v) is 2.74. The summed E-state index contributed by atoms with van der Waals surface area (Å²) < 4.78 is 4.68. The van der Waals surface area contributed by atoms with Gasteiger partial charge in [-0.3, -0.25) is 14.5 Å². The maximum atomic E-state index is 11.3. The van der Waals surface area contributed by atoms with Crippen LogP contribution in [0.2, 0.25) is 0 Å². The third-order valence-electron chi connectivity index (χ3n) is 2.32. The Bertz CT molecular complexity index is 244. The Morgan fingerprint density at radius 2 is 2.14 bits per heavy atom. The number of ether oxygens (including phenoxy) is 1. The van der Waals surface area contributed by atoms with Crippen molar-refractivity contribution < 1.29 is 14.3 Å². The lowest BCUT2D eigenvalue weighted by Gasteiger charge is -2.15. The van der Waals surface area contributed by atoms with E-state index in [1.54, 1.807) is 6.92 Å². The first-order valence-electron chi connectivity index (χ1n) is 4.50. The second kappa shape index (κ2) is 4.79. The van der Waals surface area contributed by atoms with Crippen molar-refractivity contribution >= 4 is 22.8 Å². The van der Waals surface area contributed by atoms with Crippen LogP contribution in [-0.4, -0.2) is 48.0 Å². The number of esters is 1. The van der Waals surface area contributed by atoms with E-state index in [2.05, 4.69) is 4.74 Å². The van der Waals surface area contributed by atoms with Crippen LogP contribution < -0.4 is 0 Å². The minimum absolute atomic E-state index is 0.105. The maximum Gasteiger partial charge on any atom is 0.323 e. The van der Waals surface area contributed by atoms with Crippen LogP contribution in [0.15, 0.2) is 0 Å². The summed E-state index contributed by atoms with van der Waals surface area (Å²) in [4.78, 5) is 24.1. The lowest BCUT2D eigenvalue weighted by molar-refractivity contribution is -0.145. The van der Waals surface area contributed by atoms with Crippen molar-refractivity contribution in [3.63, 3.8) is 0 Å². The van der Waals surface area contributed by atoms with Gasteiger partial charge in [0.05, 0.1) is 7.11 Å². The Balaban J connectivity index is 2.51. The molecule has 4 nitrogen and oxygen atoms in total. The van der Waals surface area contributed by atoms with Gasteiger partial charge in [-0.05, 0) is 13.5 Å². The SMILES string of the molecule is COC(=O)C1CC(SC(C)=O)CN1C. The zero-order valence-corrected chi connectivity index (χ0v) is 9.47. The van der Waals surface area contributed by atoms with Crippen molar-refractivity contribution in [1.82, 2.24) is 4.90 Å². The fourth-order valence-electron chi connectivity index (χ4n) is 1.68. The van der Waals surface area contributed by atoms with Crippen LogP contribution in [0, 0.1) is 0 Å². The van der Waals surface area contributed by atoms with Crippen LogP contribution in [0.5, 0.6) is 0 Å². The van der Waals surface area contributed by atoms with E-state index in [1.807, 2.05) is 11.9 Å². The quantitative estimate of drug-likeness (QED) is 0.631. The molecule has 80 valence electrons. The second-order valence-corrected chi connectivity index (χ2v) is 4.92. The van der Waals surface area contributed by atoms with E-state index in [9.17, 15) is 9.59 Å². The molecule has 0 bridgehead atoms. The molecule has 5 heteroatoms. The van der Waals surface area contributed by atoms with E-state index in [0.29, 0.717) is 6.42 Å². The Labute approximate surface area is 88.0 Å². The zero-order chi connectivity index (χ0) is 10.7. The highest BCUT2D eigenvalue weighted by Crippen LogP contribution is 2.27. The standard InChI is InChI=1S/C9H15NO3S/c1-6(11)14-7-4-8(9(12)13-3)10(2)5-7/h7-8H,4-5H2,1-3H3. The monoisotopic (exact) mass is 217 g/mol. The average Bonchev–Trinajstić information content (AvgIpc) is 2.44. The smallest absolute Gasteiger partial charge is 0.323 e. The highest BCUT2D eigenvalue weighted by atomic mass is 32.2. The molecule has 2 unspecified atom stereocenters. The molecule has 0 aliphatic carbocycles. The molecular formula is C9H15NO3S. The van der Waals surface area contributed by atoms with Crippen molar-refractivity contribution in [2.45, 2.75) is 24.6 Å². The third-order valence-corrected chi connectivity index (χ3v) is 3.32. The highest BCUT2D eigenvalue weighted by molar-refractivity contribution is 8.14. The first-order chi connectivity index (χ1) is 6.54. The number of hydrogen-bond donors (Lipinski definition) is 0. The lowest BCUT2D eigenvalue weighted by atomic mass is 10.2. The van der Waals surface area contributed by atoms with Crippen LogP contribution in [0.1, 0.15) is 13.3 Å². The third kappa shape index (κ3) is 2.72. The summed E-state index contributed by atoms with van der Waals surface area (Å²) in [7, 11) is 3.27.